The van der Waals surface area contributed by atoms with E-state index in [2.05, 4.69) is 20.9 Å². The predicted octanol–water partition coefficient (Wildman–Crippen LogP) is 3.46. The zero-order chi connectivity index (χ0) is 13.4. The number of aromatic carboxylic acids is 1. The van der Waals surface area contributed by atoms with Gasteiger partial charge in [-0.25, -0.2) is 9.78 Å². The first-order valence-corrected chi connectivity index (χ1v) is 6.42. The van der Waals surface area contributed by atoms with Crippen LogP contribution in [0, 0.1) is 0 Å². The van der Waals surface area contributed by atoms with Crippen molar-refractivity contribution in [2.75, 3.05) is 0 Å². The number of carbonyl (C=O) groups is 1. The molecule has 0 atom stereocenters. The van der Waals surface area contributed by atoms with Crippen molar-refractivity contribution in [2.24, 2.45) is 0 Å². The van der Waals surface area contributed by atoms with Gasteiger partial charge in [-0.3, -0.25) is 4.40 Å². The van der Waals surface area contributed by atoms with E-state index in [1.807, 2.05) is 30.3 Å². The van der Waals surface area contributed by atoms with Gasteiger partial charge in [-0.2, -0.15) is 0 Å². The molecule has 0 fully saturated rings. The molecule has 0 saturated carbocycles. The molecule has 3 aromatic rings. The number of carboxylic acid groups (broad SMARTS) is 1. The van der Waals surface area contributed by atoms with Crippen molar-refractivity contribution in [1.82, 2.24) is 9.38 Å². The van der Waals surface area contributed by atoms with Gasteiger partial charge in [0.1, 0.15) is 10.4 Å². The molecule has 0 radical (unpaired) electrons. The lowest BCUT2D eigenvalue weighted by Crippen LogP contribution is -1.99. The molecule has 2 heterocycles. The molecule has 0 unspecified atom stereocenters. The van der Waals surface area contributed by atoms with Crippen LogP contribution in [-0.4, -0.2) is 20.5 Å². The molecule has 3 rings (SSSR count). The van der Waals surface area contributed by atoms with Crippen LogP contribution in [-0.2, 0) is 0 Å². The monoisotopic (exact) mass is 316 g/mol. The van der Waals surface area contributed by atoms with Gasteiger partial charge >= 0.3 is 5.97 Å². The quantitative estimate of drug-likeness (QED) is 0.787. The minimum Gasteiger partial charge on any atom is -0.478 e. The van der Waals surface area contributed by atoms with Gasteiger partial charge in [0.05, 0.1) is 11.1 Å². The van der Waals surface area contributed by atoms with Crippen LogP contribution in [0.1, 0.15) is 10.4 Å². The van der Waals surface area contributed by atoms with Crippen LogP contribution >= 0.6 is 15.9 Å². The number of pyridine rings is 1. The van der Waals surface area contributed by atoms with E-state index in [1.165, 1.54) is 0 Å². The second kappa shape index (κ2) is 4.51. The van der Waals surface area contributed by atoms with Gasteiger partial charge in [-0.15, -0.1) is 0 Å². The van der Waals surface area contributed by atoms with Crippen molar-refractivity contribution in [1.29, 1.82) is 0 Å². The van der Waals surface area contributed by atoms with Crippen LogP contribution in [0.15, 0.2) is 53.3 Å². The van der Waals surface area contributed by atoms with Crippen LogP contribution in [0.3, 0.4) is 0 Å². The fraction of sp³-hybridized carbons (Fsp3) is 0. The molecule has 0 aliphatic heterocycles. The number of carboxylic acids is 1. The minimum absolute atomic E-state index is 0.231. The fourth-order valence-corrected chi connectivity index (χ4v) is 2.46. The number of nitrogens with zero attached hydrogens (tertiary/aromatic N) is 2. The van der Waals surface area contributed by atoms with Crippen LogP contribution in [0.5, 0.6) is 0 Å². The Balaban J connectivity index is 2.30. The first kappa shape index (κ1) is 11.9. The highest BCUT2D eigenvalue weighted by Crippen LogP contribution is 2.26. The Bertz CT molecular complexity index is 766. The zero-order valence-electron chi connectivity index (χ0n) is 9.75. The van der Waals surface area contributed by atoms with E-state index in [9.17, 15) is 4.79 Å². The third kappa shape index (κ3) is 2.02. The Morgan fingerprint density at radius 2 is 1.89 bits per heavy atom. The van der Waals surface area contributed by atoms with E-state index >= 15 is 0 Å². The van der Waals surface area contributed by atoms with Crippen molar-refractivity contribution >= 4 is 27.4 Å². The highest BCUT2D eigenvalue weighted by atomic mass is 79.9. The maximum Gasteiger partial charge on any atom is 0.337 e. The summed E-state index contributed by atoms with van der Waals surface area (Å²) in [6, 6.07) is 13.0. The lowest BCUT2D eigenvalue weighted by Gasteiger charge is -2.02. The number of imidazole rings is 1. The number of halogens is 1. The second-order valence-corrected chi connectivity index (χ2v) is 4.82. The summed E-state index contributed by atoms with van der Waals surface area (Å²) in [5.74, 6) is -0.240. The molecule has 94 valence electrons. The molecular formula is C14H9BrN2O2. The lowest BCUT2D eigenvalue weighted by molar-refractivity contribution is 0.0696. The van der Waals surface area contributed by atoms with Crippen molar-refractivity contribution in [3.05, 3.63) is 58.8 Å². The Morgan fingerprint density at radius 1 is 1.16 bits per heavy atom. The maximum absolute atomic E-state index is 11.1. The number of hydrogen-bond acceptors (Lipinski definition) is 2. The smallest absolute Gasteiger partial charge is 0.337 e. The molecule has 1 N–H and O–H groups in total. The van der Waals surface area contributed by atoms with Gasteiger partial charge in [0, 0.05) is 11.8 Å². The highest BCUT2D eigenvalue weighted by Gasteiger charge is 2.12. The van der Waals surface area contributed by atoms with Crippen LogP contribution in [0.4, 0.5) is 0 Å². The van der Waals surface area contributed by atoms with E-state index in [1.54, 1.807) is 22.7 Å². The second-order valence-electron chi connectivity index (χ2n) is 4.07. The third-order valence-electron chi connectivity index (χ3n) is 2.87. The van der Waals surface area contributed by atoms with Gasteiger partial charge in [0.2, 0.25) is 0 Å². The van der Waals surface area contributed by atoms with Gasteiger partial charge < -0.3 is 5.11 Å². The first-order valence-electron chi connectivity index (χ1n) is 5.63. The first-order chi connectivity index (χ1) is 9.16. The molecule has 19 heavy (non-hydrogen) atoms. The van der Waals surface area contributed by atoms with E-state index in [0.717, 1.165) is 11.1 Å². The van der Waals surface area contributed by atoms with Gasteiger partial charge in [-0.05, 0) is 28.1 Å². The third-order valence-corrected chi connectivity index (χ3v) is 3.45. The Kier molecular flexibility index (Phi) is 2.83. The summed E-state index contributed by atoms with van der Waals surface area (Å²) in [5, 5.41) is 9.07. The van der Waals surface area contributed by atoms with Crippen molar-refractivity contribution in [2.45, 2.75) is 0 Å². The Labute approximate surface area is 117 Å². The fourth-order valence-electron chi connectivity index (χ4n) is 1.97. The van der Waals surface area contributed by atoms with Crippen molar-refractivity contribution < 1.29 is 9.90 Å². The average molecular weight is 317 g/mol. The molecule has 2 aromatic heterocycles. The molecule has 1 aromatic carbocycles. The van der Waals surface area contributed by atoms with E-state index in [4.69, 9.17) is 5.11 Å². The number of aromatic nitrogens is 2. The predicted molar refractivity (Wildman–Crippen MR) is 75.3 cm³/mol. The highest BCUT2D eigenvalue weighted by molar-refractivity contribution is 9.10. The SMILES string of the molecule is O=C(O)c1ccc2c(Br)nc(-c3ccccc3)n2c1. The number of rotatable bonds is 2. The molecule has 5 heteroatoms. The molecular weight excluding hydrogens is 308 g/mol. The molecule has 0 aliphatic carbocycles. The van der Waals surface area contributed by atoms with Crippen LogP contribution in [0.2, 0.25) is 0 Å². The molecule has 0 spiro atoms. The summed E-state index contributed by atoms with van der Waals surface area (Å²) in [5.41, 5.74) is 2.00. The van der Waals surface area contributed by atoms with Gasteiger partial charge in [0.25, 0.3) is 0 Å². The standard InChI is InChI=1S/C14H9BrN2O2/c15-12-11-7-6-10(14(18)19)8-17(11)13(16-12)9-4-2-1-3-5-9/h1-8H,(H,18,19). The zero-order valence-corrected chi connectivity index (χ0v) is 11.3. The van der Waals surface area contributed by atoms with Crippen LogP contribution in [0.25, 0.3) is 16.9 Å². The lowest BCUT2D eigenvalue weighted by atomic mass is 10.2. The summed E-state index contributed by atoms with van der Waals surface area (Å²) >= 11 is 3.40. The van der Waals surface area contributed by atoms with Gasteiger partial charge in [0.15, 0.2) is 0 Å². The summed E-state index contributed by atoms with van der Waals surface area (Å²) in [6.07, 6.45) is 1.58. The largest absolute Gasteiger partial charge is 0.478 e. The summed E-state index contributed by atoms with van der Waals surface area (Å²) in [6.45, 7) is 0. The minimum atomic E-state index is -0.953. The summed E-state index contributed by atoms with van der Waals surface area (Å²) in [7, 11) is 0. The molecule has 0 saturated heterocycles. The van der Waals surface area contributed by atoms with E-state index < -0.39 is 5.97 Å². The Hall–Kier alpha value is -2.14. The normalized spacial score (nSPS) is 10.8. The number of fused-ring (bicyclic) bond motifs is 1. The molecule has 0 aliphatic rings. The molecule has 4 nitrogen and oxygen atoms in total. The van der Waals surface area contributed by atoms with E-state index in [0.29, 0.717) is 10.4 Å². The Morgan fingerprint density at radius 3 is 2.58 bits per heavy atom. The van der Waals surface area contributed by atoms with Gasteiger partial charge in [-0.1, -0.05) is 30.3 Å². The topological polar surface area (TPSA) is 54.6 Å². The number of benzene rings is 1. The number of hydrogen-bond donors (Lipinski definition) is 1. The molecule has 0 bridgehead atoms. The van der Waals surface area contributed by atoms with Crippen molar-refractivity contribution in [3.8, 4) is 11.4 Å². The summed E-state index contributed by atoms with van der Waals surface area (Å²) in [4.78, 5) is 15.5. The van der Waals surface area contributed by atoms with Crippen molar-refractivity contribution in [3.63, 3.8) is 0 Å². The summed E-state index contributed by atoms with van der Waals surface area (Å²) < 4.78 is 2.48. The van der Waals surface area contributed by atoms with E-state index in [-0.39, 0.29) is 5.56 Å². The van der Waals surface area contributed by atoms with Crippen LogP contribution < -0.4 is 0 Å². The maximum atomic E-state index is 11.1. The average Bonchev–Trinajstić information content (AvgIpc) is 2.77. The molecule has 0 amide bonds.